The van der Waals surface area contributed by atoms with Crippen LogP contribution in [0.4, 0.5) is 4.39 Å². The van der Waals surface area contributed by atoms with E-state index in [2.05, 4.69) is 0 Å². The molecule has 0 aliphatic heterocycles. The maximum atomic E-state index is 14.7. The molecule has 8 heteroatoms. The Morgan fingerprint density at radius 2 is 1.83 bits per heavy atom. The Labute approximate surface area is 173 Å². The van der Waals surface area contributed by atoms with Gasteiger partial charge in [-0.3, -0.25) is 4.79 Å². The second kappa shape index (κ2) is 8.37. The van der Waals surface area contributed by atoms with E-state index in [9.17, 15) is 19.4 Å². The fraction of sp³-hybridized carbons (Fsp3) is 0.381. The lowest BCUT2D eigenvalue weighted by Gasteiger charge is -2.16. The maximum Gasteiger partial charge on any atom is 0.245 e. The molecular weight excluding hydrogens is 399 g/mol. The molecule has 1 aromatic carbocycles. The molecule has 1 aliphatic rings. The summed E-state index contributed by atoms with van der Waals surface area (Å²) in [5.41, 5.74) is 1.22. The van der Waals surface area contributed by atoms with Crippen LogP contribution in [0.15, 0.2) is 24.3 Å². The fourth-order valence-corrected chi connectivity index (χ4v) is 3.58. The Bertz CT molecular complexity index is 939. The number of carbonyl (C=O) groups is 1. The Hall–Kier alpha value is -2.67. The van der Waals surface area contributed by atoms with Gasteiger partial charge in [0.2, 0.25) is 17.7 Å². The zero-order chi connectivity index (χ0) is 21.3. The number of amides is 1. The molecule has 0 spiro atoms. The number of fused-ring (bicyclic) bond motifs is 1. The van der Waals surface area contributed by atoms with Crippen LogP contribution in [-0.2, 0) is 17.6 Å². The van der Waals surface area contributed by atoms with Crippen LogP contribution in [0.2, 0.25) is 5.02 Å². The quantitative estimate of drug-likeness (QED) is 0.715. The lowest BCUT2D eigenvalue weighted by Crippen LogP contribution is -2.20. The summed E-state index contributed by atoms with van der Waals surface area (Å²) in [6, 6.07) is 2.41. The third kappa shape index (κ3) is 4.19. The first-order chi connectivity index (χ1) is 13.7. The van der Waals surface area contributed by atoms with Crippen molar-refractivity contribution in [3.63, 3.8) is 0 Å². The van der Waals surface area contributed by atoms with E-state index in [0.717, 1.165) is 23.5 Å². The Kier molecular flexibility index (Phi) is 6.07. The summed E-state index contributed by atoms with van der Waals surface area (Å²) >= 11 is 6.13. The average Bonchev–Trinajstić information content (AvgIpc) is 2.93. The Morgan fingerprint density at radius 3 is 2.38 bits per heavy atom. The second-order valence-corrected chi connectivity index (χ2v) is 7.70. The van der Waals surface area contributed by atoms with Crippen molar-refractivity contribution < 1.29 is 24.1 Å². The van der Waals surface area contributed by atoms with Crippen LogP contribution in [-0.4, -0.2) is 45.8 Å². The van der Waals surface area contributed by atoms with Gasteiger partial charge in [-0.25, -0.2) is 8.96 Å². The predicted octanol–water partition coefficient (Wildman–Crippen LogP) is 3.97. The van der Waals surface area contributed by atoms with Crippen LogP contribution < -0.4 is 4.74 Å². The molecule has 0 saturated carbocycles. The van der Waals surface area contributed by atoms with Crippen LogP contribution in [0, 0.1) is 5.82 Å². The highest BCUT2D eigenvalue weighted by molar-refractivity contribution is 6.32. The minimum Gasteiger partial charge on any atom is -0.494 e. The molecule has 6 nitrogen and oxygen atoms in total. The van der Waals surface area contributed by atoms with Crippen molar-refractivity contribution in [2.45, 2.75) is 38.7 Å². The van der Waals surface area contributed by atoms with Crippen LogP contribution in [0.3, 0.4) is 0 Å². The van der Waals surface area contributed by atoms with E-state index in [1.165, 1.54) is 17.0 Å². The van der Waals surface area contributed by atoms with Gasteiger partial charge in [0, 0.05) is 37.4 Å². The number of likely N-dealkylation sites (N-methyl/N-ethyl adjacent to an activating group) is 1. The molecule has 0 fully saturated rings. The Balaban J connectivity index is 1.95. The molecule has 29 heavy (non-hydrogen) atoms. The summed E-state index contributed by atoms with van der Waals surface area (Å²) in [5.74, 6) is -1.07. The summed E-state index contributed by atoms with van der Waals surface area (Å²) in [6.45, 7) is 1.71. The summed E-state index contributed by atoms with van der Waals surface area (Å²) in [7, 11) is 3.27. The van der Waals surface area contributed by atoms with E-state index < -0.39 is 11.9 Å². The van der Waals surface area contributed by atoms with Crippen LogP contribution in [0.25, 0.3) is 5.69 Å². The van der Waals surface area contributed by atoms with Crippen LogP contribution in [0.5, 0.6) is 17.5 Å². The van der Waals surface area contributed by atoms with Gasteiger partial charge in [0.25, 0.3) is 0 Å². The van der Waals surface area contributed by atoms with Gasteiger partial charge in [-0.2, -0.15) is 0 Å². The third-order valence-electron chi connectivity index (χ3n) is 4.94. The number of aromatic hydroxyl groups is 2. The van der Waals surface area contributed by atoms with Crippen molar-refractivity contribution in [1.29, 1.82) is 0 Å². The van der Waals surface area contributed by atoms with Gasteiger partial charge in [-0.1, -0.05) is 11.6 Å². The summed E-state index contributed by atoms with van der Waals surface area (Å²) in [4.78, 5) is 13.1. The molecule has 1 unspecified atom stereocenters. The maximum absolute atomic E-state index is 14.7. The molecule has 0 saturated heterocycles. The van der Waals surface area contributed by atoms with Crippen molar-refractivity contribution in [2.24, 2.45) is 0 Å². The normalized spacial score (nSPS) is 14.7. The van der Waals surface area contributed by atoms with E-state index in [4.69, 9.17) is 16.3 Å². The van der Waals surface area contributed by atoms with Crippen LogP contribution >= 0.6 is 11.6 Å². The predicted molar refractivity (Wildman–Crippen MR) is 109 cm³/mol. The van der Waals surface area contributed by atoms with Crippen LogP contribution in [0.1, 0.15) is 30.9 Å². The molecule has 1 aromatic heterocycles. The second-order valence-electron chi connectivity index (χ2n) is 7.30. The van der Waals surface area contributed by atoms with Crippen molar-refractivity contribution >= 4 is 17.5 Å². The number of aromatic nitrogens is 1. The lowest BCUT2D eigenvalue weighted by molar-refractivity contribution is -0.123. The number of rotatable bonds is 5. The lowest BCUT2D eigenvalue weighted by atomic mass is 9.95. The van der Waals surface area contributed by atoms with Gasteiger partial charge in [0.15, 0.2) is 0 Å². The summed E-state index contributed by atoms with van der Waals surface area (Å²) < 4.78 is 21.5. The third-order valence-corrected chi connectivity index (χ3v) is 5.23. The standard InChI is InChI=1S/C21H24ClFN2O4/c1-12(8-9-19(26)24(2)3)29-18-11-17(16(23)10-15(18)22)25-20(27)13-6-4-5-7-14(13)21(25)28/h8-12,27-28H,4-7H2,1-3H3. The number of carbonyl (C=O) groups excluding carboxylic acids is 1. The number of nitrogens with zero attached hydrogens (tertiary/aromatic N) is 2. The largest absolute Gasteiger partial charge is 0.494 e. The summed E-state index contributed by atoms with van der Waals surface area (Å²) in [6.07, 6.45) is 5.47. The fourth-order valence-electron chi connectivity index (χ4n) is 3.38. The number of hydrogen-bond donors (Lipinski definition) is 2. The number of halogens is 2. The number of benzene rings is 1. The number of ether oxygens (including phenoxy) is 1. The molecule has 156 valence electrons. The van der Waals surface area contributed by atoms with E-state index in [1.807, 2.05) is 0 Å². The highest BCUT2D eigenvalue weighted by Crippen LogP contribution is 2.42. The minimum atomic E-state index is -0.703. The number of hydrogen-bond acceptors (Lipinski definition) is 4. The molecular formula is C21H24ClFN2O4. The highest BCUT2D eigenvalue weighted by Gasteiger charge is 2.27. The molecule has 1 atom stereocenters. The van der Waals surface area contributed by atoms with E-state index >= 15 is 0 Å². The van der Waals surface area contributed by atoms with Gasteiger partial charge < -0.3 is 19.8 Å². The van der Waals surface area contributed by atoms with Gasteiger partial charge in [-0.15, -0.1) is 0 Å². The van der Waals surface area contributed by atoms with Gasteiger partial charge >= 0.3 is 0 Å². The SMILES string of the molecule is CC(C=CC(=O)N(C)C)Oc1cc(-n2c(O)c3c(c2O)CCCC3)c(F)cc1Cl. The van der Waals surface area contributed by atoms with Gasteiger partial charge in [0.05, 0.1) is 10.7 Å². The molecule has 0 radical (unpaired) electrons. The molecule has 2 aromatic rings. The first-order valence-electron chi connectivity index (χ1n) is 9.40. The van der Waals surface area contributed by atoms with E-state index in [1.54, 1.807) is 27.1 Å². The van der Waals surface area contributed by atoms with Crippen molar-refractivity contribution in [3.8, 4) is 23.2 Å². The van der Waals surface area contributed by atoms with Gasteiger partial charge in [-0.05, 0) is 44.7 Å². The molecule has 0 bridgehead atoms. The molecule has 3 rings (SSSR count). The average molecular weight is 423 g/mol. The molecule has 1 amide bonds. The zero-order valence-electron chi connectivity index (χ0n) is 16.6. The minimum absolute atomic E-state index is 0.0429. The van der Waals surface area contributed by atoms with E-state index in [-0.39, 0.29) is 34.1 Å². The first kappa shape index (κ1) is 21.0. The highest BCUT2D eigenvalue weighted by atomic mass is 35.5. The molecule has 2 N–H and O–H groups in total. The van der Waals surface area contributed by atoms with Crippen molar-refractivity contribution in [1.82, 2.24) is 9.47 Å². The Morgan fingerprint density at radius 1 is 1.24 bits per heavy atom. The molecule has 1 aliphatic carbocycles. The van der Waals surface area contributed by atoms with Crippen molar-refractivity contribution in [3.05, 3.63) is 46.3 Å². The van der Waals surface area contributed by atoms with Crippen molar-refractivity contribution in [2.75, 3.05) is 14.1 Å². The van der Waals surface area contributed by atoms with E-state index in [0.29, 0.717) is 24.0 Å². The zero-order valence-corrected chi connectivity index (χ0v) is 17.3. The molecule has 1 heterocycles. The summed E-state index contributed by atoms with van der Waals surface area (Å²) in [5, 5.41) is 21.2. The first-order valence-corrected chi connectivity index (χ1v) is 9.78. The smallest absolute Gasteiger partial charge is 0.245 e. The van der Waals surface area contributed by atoms with Gasteiger partial charge in [0.1, 0.15) is 17.7 Å². The monoisotopic (exact) mass is 422 g/mol. The topological polar surface area (TPSA) is 74.9 Å².